The molecule has 0 heterocycles. The lowest BCUT2D eigenvalue weighted by Crippen LogP contribution is -2.23. The van der Waals surface area contributed by atoms with Crippen molar-refractivity contribution in [3.63, 3.8) is 0 Å². The molecule has 3 heteroatoms. The van der Waals surface area contributed by atoms with E-state index in [2.05, 4.69) is 5.32 Å². The summed E-state index contributed by atoms with van der Waals surface area (Å²) in [7, 11) is 0. The molecule has 1 aliphatic rings. The summed E-state index contributed by atoms with van der Waals surface area (Å²) >= 11 is 0. The zero-order valence-electron chi connectivity index (χ0n) is 8.80. The molecule has 1 saturated carbocycles. The van der Waals surface area contributed by atoms with Crippen molar-refractivity contribution in [3.8, 4) is 0 Å². The molecular formula is C11H21NO2. The van der Waals surface area contributed by atoms with Crippen molar-refractivity contribution in [2.75, 3.05) is 13.1 Å². The predicted octanol–water partition coefficient (Wildman–Crippen LogP) is 2.02. The number of aliphatic carboxylic acids is 1. The minimum absolute atomic E-state index is 0.102. The first-order valence-corrected chi connectivity index (χ1v) is 5.71. The van der Waals surface area contributed by atoms with Crippen LogP contribution in [0, 0.1) is 5.92 Å². The Morgan fingerprint density at radius 3 is 2.64 bits per heavy atom. The second-order valence-corrected chi connectivity index (χ2v) is 4.22. The van der Waals surface area contributed by atoms with Crippen LogP contribution in [-0.2, 0) is 4.79 Å². The maximum Gasteiger partial charge on any atom is 0.317 e. The van der Waals surface area contributed by atoms with E-state index >= 15 is 0 Å². The van der Waals surface area contributed by atoms with Gasteiger partial charge in [-0.25, -0.2) is 0 Å². The highest BCUT2D eigenvalue weighted by Crippen LogP contribution is 2.26. The molecule has 0 saturated heterocycles. The Balaban J connectivity index is 1.90. The zero-order valence-corrected chi connectivity index (χ0v) is 8.80. The quantitative estimate of drug-likeness (QED) is 0.643. The van der Waals surface area contributed by atoms with Crippen LogP contribution >= 0.6 is 0 Å². The molecule has 2 N–H and O–H groups in total. The Bertz CT molecular complexity index is 165. The monoisotopic (exact) mass is 199 g/mol. The van der Waals surface area contributed by atoms with E-state index in [1.54, 1.807) is 0 Å². The van der Waals surface area contributed by atoms with Gasteiger partial charge in [0.25, 0.3) is 0 Å². The molecule has 1 rings (SSSR count). The van der Waals surface area contributed by atoms with E-state index < -0.39 is 5.97 Å². The van der Waals surface area contributed by atoms with E-state index in [9.17, 15) is 4.79 Å². The van der Waals surface area contributed by atoms with Crippen molar-refractivity contribution in [3.05, 3.63) is 0 Å². The van der Waals surface area contributed by atoms with Gasteiger partial charge in [-0.05, 0) is 25.3 Å². The Morgan fingerprint density at radius 1 is 1.29 bits per heavy atom. The highest BCUT2D eigenvalue weighted by atomic mass is 16.4. The fourth-order valence-corrected chi connectivity index (χ4v) is 2.19. The smallest absolute Gasteiger partial charge is 0.317 e. The van der Waals surface area contributed by atoms with E-state index in [-0.39, 0.29) is 6.54 Å². The molecule has 0 aromatic heterocycles. The maximum absolute atomic E-state index is 10.2. The van der Waals surface area contributed by atoms with Crippen LogP contribution in [0.3, 0.4) is 0 Å². The van der Waals surface area contributed by atoms with Crippen molar-refractivity contribution in [1.82, 2.24) is 5.32 Å². The topological polar surface area (TPSA) is 49.3 Å². The molecule has 14 heavy (non-hydrogen) atoms. The highest BCUT2D eigenvalue weighted by molar-refractivity contribution is 5.68. The molecular weight excluding hydrogens is 178 g/mol. The van der Waals surface area contributed by atoms with Gasteiger partial charge in [0, 0.05) is 0 Å². The number of nitrogens with one attached hydrogen (secondary N) is 1. The molecule has 0 unspecified atom stereocenters. The first kappa shape index (κ1) is 11.5. The number of hydrogen-bond donors (Lipinski definition) is 2. The summed E-state index contributed by atoms with van der Waals surface area (Å²) in [5.41, 5.74) is 0. The standard InChI is InChI=1S/C11H21NO2/c13-11(14)9-12-8-4-7-10-5-2-1-3-6-10/h10,12H,1-9H2,(H,13,14). The molecule has 0 aliphatic heterocycles. The van der Waals surface area contributed by atoms with Crippen LogP contribution in [0.5, 0.6) is 0 Å². The van der Waals surface area contributed by atoms with E-state index in [1.807, 2.05) is 0 Å². The zero-order chi connectivity index (χ0) is 10.2. The molecule has 0 bridgehead atoms. The molecule has 0 spiro atoms. The van der Waals surface area contributed by atoms with Gasteiger partial charge in [0.2, 0.25) is 0 Å². The number of hydrogen-bond acceptors (Lipinski definition) is 2. The summed E-state index contributed by atoms with van der Waals surface area (Å²) in [5.74, 6) is 0.151. The molecule has 0 atom stereocenters. The molecule has 0 aromatic carbocycles. The van der Waals surface area contributed by atoms with Gasteiger partial charge in [-0.2, -0.15) is 0 Å². The van der Waals surface area contributed by atoms with Crippen molar-refractivity contribution in [2.45, 2.75) is 44.9 Å². The average Bonchev–Trinajstić information content (AvgIpc) is 2.18. The summed E-state index contributed by atoms with van der Waals surface area (Å²) in [6, 6.07) is 0. The summed E-state index contributed by atoms with van der Waals surface area (Å²) in [6.45, 7) is 0.952. The predicted molar refractivity (Wildman–Crippen MR) is 56.3 cm³/mol. The van der Waals surface area contributed by atoms with Crippen molar-refractivity contribution >= 4 is 5.97 Å². The van der Waals surface area contributed by atoms with Crippen LogP contribution in [0.4, 0.5) is 0 Å². The van der Waals surface area contributed by atoms with E-state index in [0.717, 1.165) is 18.9 Å². The molecule has 82 valence electrons. The fraction of sp³-hybridized carbons (Fsp3) is 0.909. The summed E-state index contributed by atoms with van der Waals surface area (Å²) in [6.07, 6.45) is 9.37. The molecule has 1 aliphatic carbocycles. The molecule has 0 aromatic rings. The second-order valence-electron chi connectivity index (χ2n) is 4.22. The molecule has 0 radical (unpaired) electrons. The molecule has 1 fully saturated rings. The van der Waals surface area contributed by atoms with E-state index in [0.29, 0.717) is 0 Å². The van der Waals surface area contributed by atoms with E-state index in [1.165, 1.54) is 38.5 Å². The van der Waals surface area contributed by atoms with Crippen LogP contribution in [0.25, 0.3) is 0 Å². The third kappa shape index (κ3) is 5.22. The van der Waals surface area contributed by atoms with Gasteiger partial charge in [-0.15, -0.1) is 0 Å². The van der Waals surface area contributed by atoms with Crippen LogP contribution < -0.4 is 5.32 Å². The summed E-state index contributed by atoms with van der Waals surface area (Å²) < 4.78 is 0. The molecule has 0 amide bonds. The van der Waals surface area contributed by atoms with Gasteiger partial charge in [-0.1, -0.05) is 32.1 Å². The summed E-state index contributed by atoms with van der Waals surface area (Å²) in [5, 5.41) is 11.3. The van der Waals surface area contributed by atoms with Gasteiger partial charge in [0.15, 0.2) is 0 Å². The Hall–Kier alpha value is -0.570. The van der Waals surface area contributed by atoms with Crippen LogP contribution in [-0.4, -0.2) is 24.2 Å². The van der Waals surface area contributed by atoms with Gasteiger partial charge in [0.05, 0.1) is 6.54 Å². The Labute approximate surface area is 85.9 Å². The van der Waals surface area contributed by atoms with Crippen LogP contribution in [0.2, 0.25) is 0 Å². The second kappa shape index (κ2) is 6.82. The largest absolute Gasteiger partial charge is 0.480 e. The normalized spacial score (nSPS) is 18.3. The van der Waals surface area contributed by atoms with Crippen LogP contribution in [0.15, 0.2) is 0 Å². The van der Waals surface area contributed by atoms with Crippen molar-refractivity contribution < 1.29 is 9.90 Å². The van der Waals surface area contributed by atoms with Gasteiger partial charge < -0.3 is 10.4 Å². The lowest BCUT2D eigenvalue weighted by atomic mass is 9.86. The maximum atomic E-state index is 10.2. The first-order valence-electron chi connectivity index (χ1n) is 5.71. The lowest BCUT2D eigenvalue weighted by molar-refractivity contribution is -0.135. The van der Waals surface area contributed by atoms with Gasteiger partial charge in [0.1, 0.15) is 0 Å². The lowest BCUT2D eigenvalue weighted by Gasteiger charge is -2.21. The molecule has 3 nitrogen and oxygen atoms in total. The minimum Gasteiger partial charge on any atom is -0.480 e. The van der Waals surface area contributed by atoms with Crippen LogP contribution in [0.1, 0.15) is 44.9 Å². The number of carboxylic acids is 1. The third-order valence-electron chi connectivity index (χ3n) is 2.97. The average molecular weight is 199 g/mol. The third-order valence-corrected chi connectivity index (χ3v) is 2.97. The Morgan fingerprint density at radius 2 is 2.00 bits per heavy atom. The number of rotatable bonds is 6. The number of carbonyl (C=O) groups is 1. The summed E-state index contributed by atoms with van der Waals surface area (Å²) in [4.78, 5) is 10.2. The van der Waals surface area contributed by atoms with Crippen molar-refractivity contribution in [2.24, 2.45) is 5.92 Å². The highest BCUT2D eigenvalue weighted by Gasteiger charge is 2.12. The minimum atomic E-state index is -0.761. The van der Waals surface area contributed by atoms with Gasteiger partial charge >= 0.3 is 5.97 Å². The Kier molecular flexibility index (Phi) is 5.60. The SMILES string of the molecule is O=C(O)CNCCCC1CCCCC1. The van der Waals surface area contributed by atoms with E-state index in [4.69, 9.17) is 5.11 Å². The number of carboxylic acid groups (broad SMARTS) is 1. The fourth-order valence-electron chi connectivity index (χ4n) is 2.19. The van der Waals surface area contributed by atoms with Crippen molar-refractivity contribution in [1.29, 1.82) is 0 Å². The first-order chi connectivity index (χ1) is 6.79. The van der Waals surface area contributed by atoms with Gasteiger partial charge in [-0.3, -0.25) is 4.79 Å².